The van der Waals surface area contributed by atoms with Gasteiger partial charge in [0.1, 0.15) is 0 Å². The van der Waals surface area contributed by atoms with Crippen LogP contribution < -0.4 is 5.32 Å². The van der Waals surface area contributed by atoms with E-state index < -0.39 is 6.23 Å². The molecule has 1 heterocycles. The molecule has 3 N–H and O–H groups in total. The highest BCUT2D eigenvalue weighted by Gasteiger charge is 2.07. The predicted molar refractivity (Wildman–Crippen MR) is 28.3 cm³/mol. The van der Waals surface area contributed by atoms with Crippen molar-refractivity contribution in [3.63, 3.8) is 0 Å². The lowest BCUT2D eigenvalue weighted by Crippen LogP contribution is -2.18. The maximum atomic E-state index is 8.62. The largest absolute Gasteiger partial charge is 0.506 e. The topological polar surface area (TPSA) is 64.8 Å². The van der Waals surface area contributed by atoms with E-state index in [1.807, 2.05) is 0 Å². The average Bonchev–Trinajstić information content (AvgIpc) is 1.77. The Morgan fingerprint density at radius 1 is 1.75 bits per heavy atom. The number of rotatable bonds is 0. The van der Waals surface area contributed by atoms with E-state index in [-0.39, 0.29) is 5.76 Å². The van der Waals surface area contributed by atoms with Crippen molar-refractivity contribution < 1.29 is 10.2 Å². The van der Waals surface area contributed by atoms with Crippen LogP contribution in [0.3, 0.4) is 0 Å². The van der Waals surface area contributed by atoms with Gasteiger partial charge in [-0.1, -0.05) is 0 Å². The van der Waals surface area contributed by atoms with Gasteiger partial charge in [0.15, 0.2) is 5.76 Å². The Bertz CT molecular complexity index is 141. The highest BCUT2D eigenvalue weighted by Crippen LogP contribution is 1.98. The van der Waals surface area contributed by atoms with Crippen LogP contribution >= 0.6 is 0 Å². The average molecular weight is 114 g/mol. The number of hydrogen-bond donors (Lipinski definition) is 3. The molecule has 0 aliphatic carbocycles. The van der Waals surface area contributed by atoms with Crippen molar-refractivity contribution in [3.05, 3.63) is 12.0 Å². The first kappa shape index (κ1) is 5.11. The van der Waals surface area contributed by atoms with Crippen molar-refractivity contribution in [2.45, 2.75) is 6.23 Å². The molecule has 1 atom stereocenters. The molecule has 0 bridgehead atoms. The molecule has 0 radical (unpaired) electrons. The van der Waals surface area contributed by atoms with E-state index in [9.17, 15) is 0 Å². The Labute approximate surface area is 46.2 Å². The Hall–Kier alpha value is -1.03. The number of aliphatic hydroxyl groups is 2. The second-order valence-corrected chi connectivity index (χ2v) is 1.39. The lowest BCUT2D eigenvalue weighted by molar-refractivity contribution is 0.158. The van der Waals surface area contributed by atoms with Gasteiger partial charge in [-0.2, -0.15) is 0 Å². The van der Waals surface area contributed by atoms with Crippen LogP contribution in [0, 0.1) is 0 Å². The maximum absolute atomic E-state index is 8.62. The summed E-state index contributed by atoms with van der Waals surface area (Å²) in [6.45, 7) is 0. The summed E-state index contributed by atoms with van der Waals surface area (Å²) in [4.78, 5) is 3.41. The molecule has 1 aliphatic rings. The summed E-state index contributed by atoms with van der Waals surface area (Å²) >= 11 is 0. The lowest BCUT2D eigenvalue weighted by atomic mass is 10.4. The normalized spacial score (nSPS) is 26.6. The summed E-state index contributed by atoms with van der Waals surface area (Å²) < 4.78 is 0. The van der Waals surface area contributed by atoms with Crippen LogP contribution in [0.4, 0.5) is 0 Å². The fourth-order valence-corrected chi connectivity index (χ4v) is 0.387. The third-order valence-electron chi connectivity index (χ3n) is 0.786. The van der Waals surface area contributed by atoms with Crippen molar-refractivity contribution in [3.8, 4) is 0 Å². The second-order valence-electron chi connectivity index (χ2n) is 1.39. The molecule has 4 heteroatoms. The zero-order chi connectivity index (χ0) is 5.98. The van der Waals surface area contributed by atoms with Gasteiger partial charge in [0.25, 0.3) is 0 Å². The molecule has 0 spiro atoms. The summed E-state index contributed by atoms with van der Waals surface area (Å²) in [6.07, 6.45) is 1.51. The van der Waals surface area contributed by atoms with E-state index in [0.29, 0.717) is 0 Å². The molecule has 0 aromatic rings. The van der Waals surface area contributed by atoms with Crippen molar-refractivity contribution in [1.29, 1.82) is 0 Å². The lowest BCUT2D eigenvalue weighted by Gasteiger charge is -2.07. The van der Waals surface area contributed by atoms with Gasteiger partial charge < -0.3 is 15.5 Å². The van der Waals surface area contributed by atoms with Gasteiger partial charge >= 0.3 is 0 Å². The molecule has 8 heavy (non-hydrogen) atoms. The SMILES string of the molecule is OC1=CNC=NC1O. The molecule has 0 aromatic heterocycles. The molecule has 0 saturated heterocycles. The van der Waals surface area contributed by atoms with Crippen molar-refractivity contribution in [1.82, 2.24) is 5.32 Å². The van der Waals surface area contributed by atoms with Crippen LogP contribution in [0.1, 0.15) is 0 Å². The molecule has 44 valence electrons. The van der Waals surface area contributed by atoms with E-state index in [1.54, 1.807) is 0 Å². The monoisotopic (exact) mass is 114 g/mol. The van der Waals surface area contributed by atoms with Crippen LogP contribution in [-0.2, 0) is 0 Å². The predicted octanol–water partition coefficient (Wildman–Crippen LogP) is -0.664. The van der Waals surface area contributed by atoms with Crippen LogP contribution in [0.5, 0.6) is 0 Å². The molecule has 1 rings (SSSR count). The molecule has 1 aliphatic heterocycles. The molecule has 1 unspecified atom stereocenters. The number of nitrogens with zero attached hydrogens (tertiary/aromatic N) is 1. The first-order valence-corrected chi connectivity index (χ1v) is 2.15. The van der Waals surface area contributed by atoms with Crippen LogP contribution in [-0.4, -0.2) is 22.8 Å². The number of aliphatic hydroxyl groups excluding tert-OH is 2. The molecule has 0 fully saturated rings. The Morgan fingerprint density at radius 2 is 2.50 bits per heavy atom. The minimum Gasteiger partial charge on any atom is -0.506 e. The third-order valence-corrected chi connectivity index (χ3v) is 0.786. The molecule has 0 aromatic carbocycles. The first-order chi connectivity index (χ1) is 3.80. The Kier molecular flexibility index (Phi) is 1.17. The third kappa shape index (κ3) is 0.788. The Balaban J connectivity index is 2.63. The first-order valence-electron chi connectivity index (χ1n) is 2.15. The molecular formula is C4H6N2O2. The second kappa shape index (κ2) is 1.83. The quantitative estimate of drug-likeness (QED) is 0.391. The van der Waals surface area contributed by atoms with Gasteiger partial charge in [-0.25, -0.2) is 4.99 Å². The van der Waals surface area contributed by atoms with Crippen LogP contribution in [0.15, 0.2) is 17.0 Å². The van der Waals surface area contributed by atoms with Gasteiger partial charge in [-0.05, 0) is 0 Å². The fraction of sp³-hybridized carbons (Fsp3) is 0.250. The Morgan fingerprint density at radius 3 is 2.88 bits per heavy atom. The fourth-order valence-electron chi connectivity index (χ4n) is 0.387. The summed E-state index contributed by atoms with van der Waals surface area (Å²) in [7, 11) is 0. The van der Waals surface area contributed by atoms with Gasteiger partial charge in [0.05, 0.1) is 6.34 Å². The maximum Gasteiger partial charge on any atom is 0.206 e. The van der Waals surface area contributed by atoms with Gasteiger partial charge in [0.2, 0.25) is 6.23 Å². The zero-order valence-corrected chi connectivity index (χ0v) is 4.07. The molecule has 4 nitrogen and oxygen atoms in total. The molecular weight excluding hydrogens is 108 g/mol. The highest BCUT2D eigenvalue weighted by atomic mass is 16.3. The van der Waals surface area contributed by atoms with E-state index in [1.165, 1.54) is 12.5 Å². The summed E-state index contributed by atoms with van der Waals surface area (Å²) in [6, 6.07) is 0. The van der Waals surface area contributed by atoms with Gasteiger partial charge in [0, 0.05) is 6.20 Å². The van der Waals surface area contributed by atoms with E-state index in [2.05, 4.69) is 10.3 Å². The smallest absolute Gasteiger partial charge is 0.206 e. The van der Waals surface area contributed by atoms with Crippen molar-refractivity contribution in [2.24, 2.45) is 4.99 Å². The number of aliphatic imine (C=N–C) groups is 1. The van der Waals surface area contributed by atoms with E-state index in [0.717, 1.165) is 0 Å². The van der Waals surface area contributed by atoms with Crippen LogP contribution in [0.2, 0.25) is 0 Å². The summed E-state index contributed by atoms with van der Waals surface area (Å²) in [5.41, 5.74) is 0. The standard InChI is InChI=1S/C4H6N2O2/c7-3-1-5-2-6-4(3)8/h1-2,4,7-8H,(H,5,6). The number of nitrogens with one attached hydrogen (secondary N) is 1. The highest BCUT2D eigenvalue weighted by molar-refractivity contribution is 5.57. The van der Waals surface area contributed by atoms with Crippen molar-refractivity contribution in [2.75, 3.05) is 0 Å². The minimum atomic E-state index is -1.07. The molecule has 0 amide bonds. The summed E-state index contributed by atoms with van der Waals surface area (Å²) in [5, 5.41) is 19.7. The van der Waals surface area contributed by atoms with Crippen molar-refractivity contribution >= 4 is 6.34 Å². The van der Waals surface area contributed by atoms with E-state index in [4.69, 9.17) is 10.2 Å². The minimum absolute atomic E-state index is 0.160. The van der Waals surface area contributed by atoms with Crippen LogP contribution in [0.25, 0.3) is 0 Å². The number of hydrogen-bond acceptors (Lipinski definition) is 4. The van der Waals surface area contributed by atoms with Gasteiger partial charge in [-0.15, -0.1) is 0 Å². The summed E-state index contributed by atoms with van der Waals surface area (Å²) in [5.74, 6) is -0.160. The van der Waals surface area contributed by atoms with Gasteiger partial charge in [-0.3, -0.25) is 0 Å². The molecule has 0 saturated carbocycles. The van der Waals surface area contributed by atoms with E-state index >= 15 is 0 Å². The zero-order valence-electron chi connectivity index (χ0n) is 4.07.